The third-order valence-corrected chi connectivity index (χ3v) is 9.39. The molecule has 0 fully saturated rings. The van der Waals surface area contributed by atoms with E-state index in [-0.39, 0.29) is 16.6 Å². The summed E-state index contributed by atoms with van der Waals surface area (Å²) >= 11 is 2.42. The number of para-hydroxylation sites is 1. The Kier molecular flexibility index (Phi) is 7.01. The van der Waals surface area contributed by atoms with E-state index in [0.29, 0.717) is 53.2 Å². The Hall–Kier alpha value is -5.90. The maximum atomic E-state index is 14.0. The van der Waals surface area contributed by atoms with Gasteiger partial charge in [-0.3, -0.25) is 10.2 Å². The van der Waals surface area contributed by atoms with Gasteiger partial charge >= 0.3 is 5.63 Å². The van der Waals surface area contributed by atoms with Gasteiger partial charge in [0.1, 0.15) is 42.5 Å². The Bertz CT molecular complexity index is 2420. The average molecular weight is 629 g/mol. The number of rotatable bonds is 6. The highest BCUT2D eigenvalue weighted by Gasteiger charge is 2.24. The molecule has 3 aromatic carbocycles. The number of hydrogen-bond acceptors (Lipinski definition) is 10. The number of nitrogens with zero attached hydrogens (tertiary/aromatic N) is 4. The van der Waals surface area contributed by atoms with Gasteiger partial charge in [0.25, 0.3) is 5.91 Å². The Morgan fingerprint density at radius 3 is 2.53 bits per heavy atom. The predicted octanol–water partition coefficient (Wildman–Crippen LogP) is 6.60. The van der Waals surface area contributed by atoms with Crippen LogP contribution in [0.3, 0.4) is 0 Å². The number of ether oxygens (including phenoxy) is 1. The maximum absolute atomic E-state index is 14.0. The van der Waals surface area contributed by atoms with Crippen molar-refractivity contribution in [1.29, 1.82) is 10.7 Å². The standard InChI is InChI=1S/C33H20N6O4S2/c1-42-21-13-11-20(12-14-21)39-28(35)26(24(17-36-39)18-7-3-2-4-8-18)29(40)38-31-23(16-34)27-33(45-31)44-30(37-27)22-15-19-9-5-6-10-25(19)43-32(22)41/h2-15,17,35H,1H3,(H,38,40). The molecule has 0 aliphatic rings. The van der Waals surface area contributed by atoms with Crippen molar-refractivity contribution in [2.24, 2.45) is 0 Å². The fourth-order valence-electron chi connectivity index (χ4n) is 4.92. The number of aromatic nitrogens is 3. The molecule has 7 rings (SSSR count). The van der Waals surface area contributed by atoms with Crippen LogP contribution < -0.4 is 21.2 Å². The van der Waals surface area contributed by atoms with E-state index in [2.05, 4.69) is 21.5 Å². The van der Waals surface area contributed by atoms with Crippen molar-refractivity contribution < 1.29 is 13.9 Å². The van der Waals surface area contributed by atoms with Gasteiger partial charge in [-0.25, -0.2) is 14.5 Å². The van der Waals surface area contributed by atoms with E-state index < -0.39 is 11.5 Å². The molecular formula is C33H20N6O4S2. The first kappa shape index (κ1) is 27.9. The number of amides is 1. The van der Waals surface area contributed by atoms with Crippen molar-refractivity contribution in [2.45, 2.75) is 0 Å². The first-order valence-electron chi connectivity index (χ1n) is 13.5. The molecule has 1 amide bonds. The number of carbonyl (C=O) groups excluding carboxylic acids is 1. The molecule has 0 saturated heterocycles. The summed E-state index contributed by atoms with van der Waals surface area (Å²) in [6.07, 6.45) is 1.55. The number of thiophene rings is 1. The number of carbonyl (C=O) groups is 1. The predicted molar refractivity (Wildman–Crippen MR) is 173 cm³/mol. The molecule has 10 nitrogen and oxygen atoms in total. The van der Waals surface area contributed by atoms with E-state index in [1.807, 2.05) is 42.5 Å². The summed E-state index contributed by atoms with van der Waals surface area (Å²) in [5.41, 5.74) is 2.46. The lowest BCUT2D eigenvalue weighted by atomic mass is 10.0. The second-order valence-electron chi connectivity index (χ2n) is 9.77. The first-order chi connectivity index (χ1) is 21.9. The summed E-state index contributed by atoms with van der Waals surface area (Å²) in [4.78, 5) is 31.3. The van der Waals surface area contributed by atoms with Gasteiger partial charge in [0.2, 0.25) is 0 Å². The van der Waals surface area contributed by atoms with Gasteiger partial charge in [-0.2, -0.15) is 10.4 Å². The maximum Gasteiger partial charge on any atom is 0.346 e. The third kappa shape index (κ3) is 4.96. The van der Waals surface area contributed by atoms with Crippen molar-refractivity contribution in [3.05, 3.63) is 118 Å². The summed E-state index contributed by atoms with van der Waals surface area (Å²) in [5.74, 6) is 0.0639. The molecule has 0 bridgehead atoms. The number of hydrogen-bond donors (Lipinski definition) is 2. The minimum Gasteiger partial charge on any atom is -0.497 e. The van der Waals surface area contributed by atoms with Crippen LogP contribution in [0.4, 0.5) is 5.00 Å². The molecule has 0 saturated carbocycles. The van der Waals surface area contributed by atoms with Crippen LogP contribution in [0.1, 0.15) is 15.9 Å². The Labute approximate surface area is 262 Å². The Morgan fingerprint density at radius 1 is 1.02 bits per heavy atom. The van der Waals surface area contributed by atoms with Gasteiger partial charge in [0.15, 0.2) is 5.49 Å². The fraction of sp³-hybridized carbons (Fsp3) is 0.0303. The van der Waals surface area contributed by atoms with E-state index in [1.54, 1.807) is 55.8 Å². The van der Waals surface area contributed by atoms with Gasteiger partial charge in [-0.05, 0) is 42.0 Å². The number of nitrogens with one attached hydrogen (secondary N) is 2. The minimum absolute atomic E-state index is 0.0788. The molecule has 4 aromatic heterocycles. The third-order valence-electron chi connectivity index (χ3n) is 7.11. The fourth-order valence-corrected chi connectivity index (χ4v) is 7.21. The SMILES string of the molecule is COc1ccc(-n2ncc(-c3ccccc3)c(C(=O)Nc3sc4sc(-c5cc6ccccc6oc5=O)nc4c3C#N)c2=N)cc1. The zero-order valence-electron chi connectivity index (χ0n) is 23.4. The van der Waals surface area contributed by atoms with Crippen LogP contribution in [-0.2, 0) is 0 Å². The van der Waals surface area contributed by atoms with Gasteiger partial charge in [-0.1, -0.05) is 48.5 Å². The van der Waals surface area contributed by atoms with E-state index in [1.165, 1.54) is 27.4 Å². The van der Waals surface area contributed by atoms with E-state index in [9.17, 15) is 14.9 Å². The molecule has 0 aliphatic carbocycles. The lowest BCUT2D eigenvalue weighted by Crippen LogP contribution is -2.31. The van der Waals surface area contributed by atoms with Crippen LogP contribution in [0.15, 0.2) is 100 Å². The first-order valence-corrected chi connectivity index (χ1v) is 15.1. The molecule has 2 N–H and O–H groups in total. The molecule has 4 heterocycles. The quantitative estimate of drug-likeness (QED) is 0.197. The molecule has 45 heavy (non-hydrogen) atoms. The second-order valence-corrected chi connectivity index (χ2v) is 12.0. The van der Waals surface area contributed by atoms with Crippen molar-refractivity contribution in [1.82, 2.24) is 14.8 Å². The summed E-state index contributed by atoms with van der Waals surface area (Å²) in [6.45, 7) is 0. The van der Waals surface area contributed by atoms with E-state index >= 15 is 0 Å². The van der Waals surface area contributed by atoms with Crippen LogP contribution in [-0.4, -0.2) is 27.8 Å². The van der Waals surface area contributed by atoms with E-state index in [0.717, 1.165) is 5.39 Å². The largest absolute Gasteiger partial charge is 0.497 e. The van der Waals surface area contributed by atoms with Gasteiger partial charge < -0.3 is 14.5 Å². The molecule has 0 atom stereocenters. The highest BCUT2D eigenvalue weighted by atomic mass is 32.2. The number of fused-ring (bicyclic) bond motifs is 2. The zero-order chi connectivity index (χ0) is 31.1. The summed E-state index contributed by atoms with van der Waals surface area (Å²) in [6, 6.07) is 27.3. The number of methoxy groups -OCH3 is 1. The molecule has 0 aliphatic heterocycles. The van der Waals surface area contributed by atoms with Crippen LogP contribution in [0, 0.1) is 16.7 Å². The number of nitriles is 1. The minimum atomic E-state index is -0.579. The monoisotopic (exact) mass is 628 g/mol. The highest BCUT2D eigenvalue weighted by Crippen LogP contribution is 2.41. The molecule has 12 heteroatoms. The number of anilines is 1. The van der Waals surface area contributed by atoms with Gasteiger partial charge in [0.05, 0.1) is 30.1 Å². The summed E-state index contributed by atoms with van der Waals surface area (Å²) < 4.78 is 12.7. The molecule has 0 radical (unpaired) electrons. The zero-order valence-corrected chi connectivity index (χ0v) is 25.0. The average Bonchev–Trinajstić information content (AvgIpc) is 3.62. The number of thiazole rings is 1. The second kappa shape index (κ2) is 11.3. The van der Waals surface area contributed by atoms with Crippen molar-refractivity contribution in [3.8, 4) is 39.2 Å². The van der Waals surface area contributed by atoms with Crippen LogP contribution in [0.25, 0.3) is 47.9 Å². The molecule has 7 aromatic rings. The molecular weight excluding hydrogens is 609 g/mol. The Morgan fingerprint density at radius 2 is 1.78 bits per heavy atom. The van der Waals surface area contributed by atoms with Crippen molar-refractivity contribution in [2.75, 3.05) is 12.4 Å². The smallest absolute Gasteiger partial charge is 0.346 e. The molecule has 218 valence electrons. The summed E-state index contributed by atoms with van der Waals surface area (Å²) in [7, 11) is 1.56. The van der Waals surface area contributed by atoms with E-state index in [4.69, 9.17) is 14.6 Å². The highest BCUT2D eigenvalue weighted by molar-refractivity contribution is 7.41. The van der Waals surface area contributed by atoms with Gasteiger partial charge in [-0.15, -0.1) is 22.7 Å². The van der Waals surface area contributed by atoms with Gasteiger partial charge in [0, 0.05) is 10.9 Å². The lowest BCUT2D eigenvalue weighted by Gasteiger charge is -2.14. The number of benzene rings is 3. The molecule has 0 spiro atoms. The van der Waals surface area contributed by atoms with Crippen LogP contribution >= 0.6 is 22.7 Å². The van der Waals surface area contributed by atoms with Crippen molar-refractivity contribution in [3.63, 3.8) is 0 Å². The molecule has 0 unspecified atom stereocenters. The summed E-state index contributed by atoms with van der Waals surface area (Å²) in [5, 5.41) is 28.0. The van der Waals surface area contributed by atoms with Crippen LogP contribution in [0.2, 0.25) is 0 Å². The topological polar surface area (TPSA) is 147 Å². The lowest BCUT2D eigenvalue weighted by molar-refractivity contribution is 0.102. The Balaban J connectivity index is 1.29. The van der Waals surface area contributed by atoms with Crippen LogP contribution in [0.5, 0.6) is 5.75 Å². The normalized spacial score (nSPS) is 11.0. The van der Waals surface area contributed by atoms with Crippen molar-refractivity contribution >= 4 is 54.1 Å².